The molecule has 100 valence electrons. The van der Waals surface area contributed by atoms with Gasteiger partial charge in [0, 0.05) is 18.8 Å². The third-order valence-electron chi connectivity index (χ3n) is 2.98. The molecule has 4 nitrogen and oxygen atoms in total. The number of aryl methyl sites for hydroxylation is 2. The molecule has 1 aromatic heterocycles. The highest BCUT2D eigenvalue weighted by Crippen LogP contribution is 2.15. The van der Waals surface area contributed by atoms with Crippen molar-refractivity contribution in [1.82, 2.24) is 9.97 Å². The van der Waals surface area contributed by atoms with Gasteiger partial charge in [-0.2, -0.15) is 0 Å². The number of hydrogen-bond donors (Lipinski definition) is 1. The van der Waals surface area contributed by atoms with Crippen molar-refractivity contribution >= 4 is 11.5 Å². The van der Waals surface area contributed by atoms with Gasteiger partial charge in [0.25, 0.3) is 0 Å². The number of rotatable bonds is 5. The van der Waals surface area contributed by atoms with Crippen molar-refractivity contribution in [3.63, 3.8) is 0 Å². The molecule has 0 atom stereocenters. The lowest BCUT2D eigenvalue weighted by Gasteiger charge is -2.24. The van der Waals surface area contributed by atoms with Gasteiger partial charge in [-0.15, -0.1) is 0 Å². The molecule has 0 saturated heterocycles. The Balaban J connectivity index is 2.14. The van der Waals surface area contributed by atoms with Crippen LogP contribution in [0.25, 0.3) is 0 Å². The lowest BCUT2D eigenvalue weighted by atomic mass is 10.1. The Morgan fingerprint density at radius 3 is 2.42 bits per heavy atom. The summed E-state index contributed by atoms with van der Waals surface area (Å²) in [5.74, 6) is 1.66. The predicted octanol–water partition coefficient (Wildman–Crippen LogP) is 3.20. The monoisotopic (exact) mass is 256 g/mol. The van der Waals surface area contributed by atoms with Crippen LogP contribution in [-0.2, 0) is 6.42 Å². The largest absolute Gasteiger partial charge is 0.297 e. The second-order valence-corrected chi connectivity index (χ2v) is 4.37. The molecule has 1 aromatic carbocycles. The van der Waals surface area contributed by atoms with Gasteiger partial charge in [0.05, 0.1) is 5.69 Å². The third kappa shape index (κ3) is 3.44. The Morgan fingerprint density at radius 1 is 1.11 bits per heavy atom. The van der Waals surface area contributed by atoms with E-state index in [4.69, 9.17) is 0 Å². The van der Waals surface area contributed by atoms with E-state index in [1.54, 1.807) is 6.20 Å². The summed E-state index contributed by atoms with van der Waals surface area (Å²) in [5.41, 5.74) is 5.77. The van der Waals surface area contributed by atoms with Gasteiger partial charge >= 0.3 is 0 Å². The molecule has 0 aliphatic rings. The Labute approximate surface area is 114 Å². The van der Waals surface area contributed by atoms with Crippen LogP contribution in [0.5, 0.6) is 0 Å². The Hall–Kier alpha value is -2.10. The van der Waals surface area contributed by atoms with E-state index < -0.39 is 0 Å². The van der Waals surface area contributed by atoms with Gasteiger partial charge < -0.3 is 0 Å². The van der Waals surface area contributed by atoms with Crippen molar-refractivity contribution in [2.75, 3.05) is 17.0 Å². The first-order valence-corrected chi connectivity index (χ1v) is 6.65. The van der Waals surface area contributed by atoms with E-state index in [9.17, 15) is 0 Å². The topological polar surface area (TPSA) is 41.0 Å². The summed E-state index contributed by atoms with van der Waals surface area (Å²) in [6.45, 7) is 6.97. The minimum absolute atomic E-state index is 0.777. The Morgan fingerprint density at radius 2 is 1.84 bits per heavy atom. The fourth-order valence-electron chi connectivity index (χ4n) is 1.86. The van der Waals surface area contributed by atoms with Gasteiger partial charge in [0.2, 0.25) is 0 Å². The first kappa shape index (κ1) is 13.3. The van der Waals surface area contributed by atoms with Crippen LogP contribution in [0, 0.1) is 6.92 Å². The molecule has 4 heteroatoms. The number of hydrogen-bond acceptors (Lipinski definition) is 4. The molecule has 0 aliphatic heterocycles. The van der Waals surface area contributed by atoms with Crippen molar-refractivity contribution in [2.24, 2.45) is 0 Å². The van der Waals surface area contributed by atoms with E-state index in [0.717, 1.165) is 30.3 Å². The molecule has 0 saturated carbocycles. The molecule has 1 N–H and O–H groups in total. The van der Waals surface area contributed by atoms with E-state index in [2.05, 4.69) is 53.5 Å². The smallest absolute Gasteiger partial charge is 0.150 e. The zero-order chi connectivity index (χ0) is 13.7. The third-order valence-corrected chi connectivity index (χ3v) is 2.98. The molecule has 0 fully saturated rings. The molecule has 1 heterocycles. The number of aromatic nitrogens is 2. The van der Waals surface area contributed by atoms with Crippen LogP contribution in [0.4, 0.5) is 11.5 Å². The fraction of sp³-hybridized carbons (Fsp3) is 0.333. The summed E-state index contributed by atoms with van der Waals surface area (Å²) in [7, 11) is 0. The lowest BCUT2D eigenvalue weighted by molar-refractivity contribution is 0.898. The first-order valence-electron chi connectivity index (χ1n) is 6.65. The van der Waals surface area contributed by atoms with Crippen molar-refractivity contribution in [3.8, 4) is 0 Å². The zero-order valence-electron chi connectivity index (χ0n) is 11.7. The quantitative estimate of drug-likeness (QED) is 0.834. The number of hydrazine groups is 1. The van der Waals surface area contributed by atoms with Crippen LogP contribution in [0.1, 0.15) is 25.2 Å². The van der Waals surface area contributed by atoms with Crippen LogP contribution in [0.15, 0.2) is 36.5 Å². The summed E-state index contributed by atoms with van der Waals surface area (Å²) in [6, 6.07) is 10.4. The lowest BCUT2D eigenvalue weighted by Crippen LogP contribution is -2.30. The maximum absolute atomic E-state index is 4.43. The molecule has 2 rings (SSSR count). The summed E-state index contributed by atoms with van der Waals surface area (Å²) in [5, 5.41) is 2.01. The molecular formula is C15H20N4. The minimum atomic E-state index is 0.777. The second-order valence-electron chi connectivity index (χ2n) is 4.37. The minimum Gasteiger partial charge on any atom is -0.297 e. The molecule has 19 heavy (non-hydrogen) atoms. The maximum atomic E-state index is 4.43. The van der Waals surface area contributed by atoms with Crippen molar-refractivity contribution in [2.45, 2.75) is 27.2 Å². The fourth-order valence-corrected chi connectivity index (χ4v) is 1.86. The van der Waals surface area contributed by atoms with E-state index in [1.165, 1.54) is 5.56 Å². The van der Waals surface area contributed by atoms with Crippen molar-refractivity contribution in [3.05, 3.63) is 47.9 Å². The Kier molecular flexibility index (Phi) is 4.34. The van der Waals surface area contributed by atoms with Gasteiger partial charge in [0.1, 0.15) is 5.82 Å². The summed E-state index contributed by atoms with van der Waals surface area (Å²) in [4.78, 5) is 8.55. The molecule has 0 amide bonds. The van der Waals surface area contributed by atoms with Crippen LogP contribution in [0.3, 0.4) is 0 Å². The highest BCUT2D eigenvalue weighted by atomic mass is 15.5. The Bertz CT molecular complexity index is 522. The van der Waals surface area contributed by atoms with Gasteiger partial charge in [-0.25, -0.2) is 9.97 Å². The van der Waals surface area contributed by atoms with E-state index in [-0.39, 0.29) is 0 Å². The van der Waals surface area contributed by atoms with Crippen LogP contribution in [-0.4, -0.2) is 16.5 Å². The summed E-state index contributed by atoms with van der Waals surface area (Å²) < 4.78 is 0. The molecular weight excluding hydrogens is 236 g/mol. The standard InChI is InChI=1S/C15H20N4/c1-4-13-6-8-14(9-7-13)18-19(5-2)15-10-11-16-12(3)17-15/h6-11,18H,4-5H2,1-3H3. The van der Waals surface area contributed by atoms with E-state index >= 15 is 0 Å². The number of benzene rings is 1. The molecule has 0 bridgehead atoms. The number of nitrogens with one attached hydrogen (secondary N) is 1. The SMILES string of the molecule is CCc1ccc(NN(CC)c2ccnc(C)n2)cc1. The molecule has 0 radical (unpaired) electrons. The normalized spacial score (nSPS) is 10.3. The van der Waals surface area contributed by atoms with Crippen molar-refractivity contribution < 1.29 is 0 Å². The van der Waals surface area contributed by atoms with Crippen LogP contribution >= 0.6 is 0 Å². The number of nitrogens with zero attached hydrogens (tertiary/aromatic N) is 3. The highest BCUT2D eigenvalue weighted by molar-refractivity contribution is 5.52. The summed E-state index contributed by atoms with van der Waals surface area (Å²) >= 11 is 0. The molecule has 0 aliphatic carbocycles. The molecule has 0 spiro atoms. The molecule has 0 unspecified atom stereocenters. The summed E-state index contributed by atoms with van der Waals surface area (Å²) in [6.07, 6.45) is 2.84. The van der Waals surface area contributed by atoms with E-state index in [1.807, 2.05) is 18.0 Å². The predicted molar refractivity (Wildman–Crippen MR) is 79.2 cm³/mol. The molecule has 2 aromatic rings. The van der Waals surface area contributed by atoms with Crippen LogP contribution < -0.4 is 10.4 Å². The van der Waals surface area contributed by atoms with Crippen molar-refractivity contribution in [1.29, 1.82) is 0 Å². The second kappa shape index (κ2) is 6.18. The first-order chi connectivity index (χ1) is 9.22. The van der Waals surface area contributed by atoms with E-state index in [0.29, 0.717) is 0 Å². The van der Waals surface area contributed by atoms with Gasteiger partial charge in [-0.3, -0.25) is 10.4 Å². The highest BCUT2D eigenvalue weighted by Gasteiger charge is 2.06. The van der Waals surface area contributed by atoms with Gasteiger partial charge in [-0.1, -0.05) is 19.1 Å². The van der Waals surface area contributed by atoms with Gasteiger partial charge in [0.15, 0.2) is 5.82 Å². The number of anilines is 2. The average molecular weight is 256 g/mol. The average Bonchev–Trinajstić information content (AvgIpc) is 2.45. The maximum Gasteiger partial charge on any atom is 0.150 e. The zero-order valence-corrected chi connectivity index (χ0v) is 11.7. The van der Waals surface area contributed by atoms with Gasteiger partial charge in [-0.05, 0) is 38.0 Å². The van der Waals surface area contributed by atoms with Crippen LogP contribution in [0.2, 0.25) is 0 Å².